The van der Waals surface area contributed by atoms with Crippen LogP contribution in [0.25, 0.3) is 23.0 Å². The smallest absolute Gasteiger partial charge is 0.276 e. The quantitative estimate of drug-likeness (QED) is 0.693. The highest BCUT2D eigenvalue weighted by Gasteiger charge is 2.10. The molecular formula is C13H10N4O. The van der Waals surface area contributed by atoms with Crippen molar-refractivity contribution in [1.29, 1.82) is 0 Å². The van der Waals surface area contributed by atoms with E-state index < -0.39 is 0 Å². The number of benzene rings is 1. The molecule has 0 amide bonds. The van der Waals surface area contributed by atoms with Gasteiger partial charge in [0, 0.05) is 17.4 Å². The molecule has 88 valence electrons. The zero-order valence-corrected chi connectivity index (χ0v) is 9.45. The van der Waals surface area contributed by atoms with Crippen molar-refractivity contribution in [3.63, 3.8) is 0 Å². The van der Waals surface area contributed by atoms with Crippen molar-refractivity contribution < 1.29 is 4.52 Å². The van der Waals surface area contributed by atoms with Crippen molar-refractivity contribution in [2.75, 3.05) is 5.73 Å². The number of nitrogen functional groups attached to an aromatic ring is 1. The van der Waals surface area contributed by atoms with Crippen molar-refractivity contribution in [2.24, 2.45) is 0 Å². The van der Waals surface area contributed by atoms with Gasteiger partial charge in [-0.2, -0.15) is 4.98 Å². The summed E-state index contributed by atoms with van der Waals surface area (Å²) in [4.78, 5) is 8.45. The lowest BCUT2D eigenvalue weighted by molar-refractivity contribution is 0.431. The third kappa shape index (κ3) is 1.93. The maximum Gasteiger partial charge on any atom is 0.276 e. The van der Waals surface area contributed by atoms with Crippen LogP contribution in [0.15, 0.2) is 53.2 Å². The predicted molar refractivity (Wildman–Crippen MR) is 67.4 cm³/mol. The van der Waals surface area contributed by atoms with Crippen LogP contribution in [0.1, 0.15) is 0 Å². The number of pyridine rings is 1. The lowest BCUT2D eigenvalue weighted by Gasteiger charge is -1.95. The van der Waals surface area contributed by atoms with Crippen LogP contribution < -0.4 is 5.73 Å². The van der Waals surface area contributed by atoms with Gasteiger partial charge in [0.05, 0.1) is 0 Å². The first-order chi connectivity index (χ1) is 8.83. The third-order valence-electron chi connectivity index (χ3n) is 2.45. The molecule has 0 aliphatic rings. The number of hydrogen-bond donors (Lipinski definition) is 1. The second-order valence-corrected chi connectivity index (χ2v) is 3.76. The predicted octanol–water partition coefficient (Wildman–Crippen LogP) is 2.38. The molecule has 1 aromatic carbocycles. The zero-order chi connectivity index (χ0) is 12.4. The molecule has 0 spiro atoms. The van der Waals surface area contributed by atoms with E-state index in [4.69, 9.17) is 10.3 Å². The largest absolute Gasteiger partial charge is 0.399 e. The maximum absolute atomic E-state index is 5.72. The average Bonchev–Trinajstić information content (AvgIpc) is 2.89. The van der Waals surface area contributed by atoms with Crippen LogP contribution in [0.3, 0.4) is 0 Å². The van der Waals surface area contributed by atoms with Crippen molar-refractivity contribution in [3.05, 3.63) is 48.7 Å². The summed E-state index contributed by atoms with van der Waals surface area (Å²) < 4.78 is 5.18. The normalized spacial score (nSPS) is 10.4. The van der Waals surface area contributed by atoms with Gasteiger partial charge in [-0.3, -0.25) is 4.98 Å². The molecule has 0 saturated heterocycles. The van der Waals surface area contributed by atoms with Gasteiger partial charge in [-0.05, 0) is 24.3 Å². The minimum Gasteiger partial charge on any atom is -0.399 e. The molecule has 2 N–H and O–H groups in total. The molecule has 5 heteroatoms. The Hall–Kier alpha value is -2.69. The molecule has 3 aromatic rings. The first kappa shape index (κ1) is 10.5. The Morgan fingerprint density at radius 1 is 1.06 bits per heavy atom. The van der Waals surface area contributed by atoms with Gasteiger partial charge in [-0.1, -0.05) is 23.4 Å². The minimum absolute atomic E-state index is 0.396. The van der Waals surface area contributed by atoms with Gasteiger partial charge in [-0.25, -0.2) is 0 Å². The topological polar surface area (TPSA) is 77.8 Å². The molecule has 0 aliphatic carbocycles. The van der Waals surface area contributed by atoms with Crippen molar-refractivity contribution in [1.82, 2.24) is 15.1 Å². The zero-order valence-electron chi connectivity index (χ0n) is 9.45. The highest BCUT2D eigenvalue weighted by atomic mass is 16.5. The first-order valence-corrected chi connectivity index (χ1v) is 5.44. The fourth-order valence-corrected chi connectivity index (χ4v) is 1.61. The Morgan fingerprint density at radius 3 is 2.78 bits per heavy atom. The van der Waals surface area contributed by atoms with Crippen molar-refractivity contribution >= 4 is 5.69 Å². The summed E-state index contributed by atoms with van der Waals surface area (Å²) in [5, 5.41) is 3.92. The molecule has 18 heavy (non-hydrogen) atoms. The summed E-state index contributed by atoms with van der Waals surface area (Å²) in [6.45, 7) is 0. The highest BCUT2D eigenvalue weighted by molar-refractivity contribution is 5.62. The van der Waals surface area contributed by atoms with Crippen LogP contribution in [0.4, 0.5) is 5.69 Å². The van der Waals surface area contributed by atoms with E-state index in [2.05, 4.69) is 15.1 Å². The average molecular weight is 238 g/mol. The number of hydrogen-bond acceptors (Lipinski definition) is 5. The monoisotopic (exact) mass is 238 g/mol. The first-order valence-electron chi connectivity index (χ1n) is 5.44. The molecular weight excluding hydrogens is 228 g/mol. The molecule has 3 rings (SSSR count). The van der Waals surface area contributed by atoms with Crippen LogP contribution in [0, 0.1) is 0 Å². The van der Waals surface area contributed by atoms with E-state index >= 15 is 0 Å². The number of rotatable bonds is 2. The standard InChI is InChI=1S/C13H10N4O/c14-10-5-3-4-9(8-10)12-16-13(18-17-12)11-6-1-2-7-15-11/h1-8H,14H2. The lowest BCUT2D eigenvalue weighted by Crippen LogP contribution is -1.86. The highest BCUT2D eigenvalue weighted by Crippen LogP contribution is 2.21. The second kappa shape index (κ2) is 4.29. The molecule has 0 saturated carbocycles. The molecule has 2 aromatic heterocycles. The lowest BCUT2D eigenvalue weighted by atomic mass is 10.2. The summed E-state index contributed by atoms with van der Waals surface area (Å²) >= 11 is 0. The maximum atomic E-state index is 5.72. The van der Waals surface area contributed by atoms with Crippen LogP contribution in [-0.4, -0.2) is 15.1 Å². The van der Waals surface area contributed by atoms with Crippen molar-refractivity contribution in [2.45, 2.75) is 0 Å². The van der Waals surface area contributed by atoms with E-state index in [-0.39, 0.29) is 0 Å². The molecule has 0 fully saturated rings. The van der Waals surface area contributed by atoms with Crippen LogP contribution >= 0.6 is 0 Å². The number of nitrogens with zero attached hydrogens (tertiary/aromatic N) is 3. The molecule has 2 heterocycles. The Labute approximate surface area is 103 Å². The SMILES string of the molecule is Nc1cccc(-c2noc(-c3ccccn3)n2)c1. The minimum atomic E-state index is 0.396. The van der Waals surface area contributed by atoms with Crippen LogP contribution in [0.5, 0.6) is 0 Å². The van der Waals surface area contributed by atoms with E-state index in [1.54, 1.807) is 12.3 Å². The molecule has 0 atom stereocenters. The van der Waals surface area contributed by atoms with Gasteiger partial charge in [-0.15, -0.1) is 0 Å². The fourth-order valence-electron chi connectivity index (χ4n) is 1.61. The summed E-state index contributed by atoms with van der Waals surface area (Å²) in [6, 6.07) is 12.9. The molecule has 0 unspecified atom stereocenters. The van der Waals surface area contributed by atoms with Crippen LogP contribution in [0.2, 0.25) is 0 Å². The van der Waals surface area contributed by atoms with Gasteiger partial charge in [0.2, 0.25) is 5.82 Å². The Bertz CT molecular complexity index is 664. The molecule has 0 aliphatic heterocycles. The Kier molecular flexibility index (Phi) is 2.49. The van der Waals surface area contributed by atoms with E-state index in [1.807, 2.05) is 36.4 Å². The van der Waals surface area contributed by atoms with Gasteiger partial charge < -0.3 is 10.3 Å². The Morgan fingerprint density at radius 2 is 2.00 bits per heavy atom. The fraction of sp³-hybridized carbons (Fsp3) is 0. The van der Waals surface area contributed by atoms with Crippen molar-refractivity contribution in [3.8, 4) is 23.0 Å². The molecule has 0 bridgehead atoms. The van der Waals surface area contributed by atoms with E-state index in [9.17, 15) is 0 Å². The number of anilines is 1. The van der Waals surface area contributed by atoms with Gasteiger partial charge in [0.25, 0.3) is 5.89 Å². The van der Waals surface area contributed by atoms with E-state index in [0.29, 0.717) is 23.1 Å². The molecule has 0 radical (unpaired) electrons. The molecule has 5 nitrogen and oxygen atoms in total. The Balaban J connectivity index is 2.00. The second-order valence-electron chi connectivity index (χ2n) is 3.76. The summed E-state index contributed by atoms with van der Waals surface area (Å²) in [7, 11) is 0. The summed E-state index contributed by atoms with van der Waals surface area (Å²) in [6.07, 6.45) is 1.68. The van der Waals surface area contributed by atoms with Gasteiger partial charge >= 0.3 is 0 Å². The van der Waals surface area contributed by atoms with Gasteiger partial charge in [0.1, 0.15) is 5.69 Å². The number of aromatic nitrogens is 3. The third-order valence-corrected chi connectivity index (χ3v) is 2.45. The number of nitrogens with two attached hydrogens (primary N) is 1. The van der Waals surface area contributed by atoms with Crippen LogP contribution in [-0.2, 0) is 0 Å². The summed E-state index contributed by atoms with van der Waals surface area (Å²) in [5.41, 5.74) is 7.85. The van der Waals surface area contributed by atoms with Gasteiger partial charge in [0.15, 0.2) is 0 Å². The van der Waals surface area contributed by atoms with E-state index in [0.717, 1.165) is 5.56 Å². The van der Waals surface area contributed by atoms with E-state index in [1.165, 1.54) is 0 Å². The summed E-state index contributed by atoms with van der Waals surface area (Å²) in [5.74, 6) is 0.899.